The zero-order chi connectivity index (χ0) is 13.5. The van der Waals surface area contributed by atoms with Crippen molar-refractivity contribution in [1.82, 2.24) is 0 Å². The van der Waals surface area contributed by atoms with Gasteiger partial charge < -0.3 is 14.6 Å². The Morgan fingerprint density at radius 1 is 1.11 bits per heavy atom. The van der Waals surface area contributed by atoms with Crippen LogP contribution in [0.4, 0.5) is 0 Å². The Bertz CT molecular complexity index is 380. The van der Waals surface area contributed by atoms with Crippen LogP contribution in [0.15, 0.2) is 16.6 Å². The highest BCUT2D eigenvalue weighted by atomic mass is 79.9. The Labute approximate surface area is 117 Å². The van der Waals surface area contributed by atoms with Gasteiger partial charge in [-0.25, -0.2) is 0 Å². The van der Waals surface area contributed by atoms with Gasteiger partial charge in [0, 0.05) is 4.47 Å². The van der Waals surface area contributed by atoms with E-state index >= 15 is 0 Å². The minimum atomic E-state index is -0.473. The summed E-state index contributed by atoms with van der Waals surface area (Å²) >= 11 is 3.48. The summed E-state index contributed by atoms with van der Waals surface area (Å²) in [5.41, 5.74) is 0.851. The number of benzene rings is 1. The van der Waals surface area contributed by atoms with Crippen LogP contribution in [0.2, 0.25) is 0 Å². The van der Waals surface area contributed by atoms with Crippen LogP contribution in [0.25, 0.3) is 0 Å². The van der Waals surface area contributed by atoms with Crippen molar-refractivity contribution in [3.05, 3.63) is 22.2 Å². The Kier molecular flexibility index (Phi) is 6.50. The van der Waals surface area contributed by atoms with Crippen LogP contribution in [-0.2, 0) is 0 Å². The molecule has 4 heteroatoms. The van der Waals surface area contributed by atoms with Crippen LogP contribution in [0, 0.1) is 0 Å². The summed E-state index contributed by atoms with van der Waals surface area (Å²) < 4.78 is 11.9. The topological polar surface area (TPSA) is 38.7 Å². The van der Waals surface area contributed by atoms with Gasteiger partial charge >= 0.3 is 0 Å². The third-order valence-electron chi connectivity index (χ3n) is 2.58. The zero-order valence-corrected chi connectivity index (χ0v) is 12.8. The van der Waals surface area contributed by atoms with E-state index < -0.39 is 6.10 Å². The molecule has 0 aromatic heterocycles. The second-order valence-electron chi connectivity index (χ2n) is 3.99. The summed E-state index contributed by atoms with van der Waals surface area (Å²) in [4.78, 5) is 0. The van der Waals surface area contributed by atoms with Crippen LogP contribution in [-0.4, -0.2) is 18.3 Å². The zero-order valence-electron chi connectivity index (χ0n) is 11.2. The molecule has 0 radical (unpaired) electrons. The van der Waals surface area contributed by atoms with Crippen molar-refractivity contribution in [2.24, 2.45) is 0 Å². The van der Waals surface area contributed by atoms with Gasteiger partial charge in [-0.2, -0.15) is 0 Å². The molecule has 18 heavy (non-hydrogen) atoms. The molecule has 0 saturated heterocycles. The standard InChI is InChI=1S/C14H21BrO3/c1-4-7-12(16)10-8-13(17-5-2)14(18-6-3)9-11(10)15/h8-9,12,16H,4-7H2,1-3H3. The summed E-state index contributed by atoms with van der Waals surface area (Å²) in [7, 11) is 0. The second kappa shape index (κ2) is 7.64. The van der Waals surface area contributed by atoms with Gasteiger partial charge in [-0.1, -0.05) is 29.3 Å². The molecular formula is C14H21BrO3. The van der Waals surface area contributed by atoms with Crippen LogP contribution in [0.5, 0.6) is 11.5 Å². The van der Waals surface area contributed by atoms with Gasteiger partial charge in [0.15, 0.2) is 11.5 Å². The van der Waals surface area contributed by atoms with Crippen LogP contribution in [0.3, 0.4) is 0 Å². The first kappa shape index (κ1) is 15.3. The van der Waals surface area contributed by atoms with Gasteiger partial charge in [0.05, 0.1) is 19.3 Å². The fraction of sp³-hybridized carbons (Fsp3) is 0.571. The van der Waals surface area contributed by atoms with E-state index in [9.17, 15) is 5.11 Å². The van der Waals surface area contributed by atoms with E-state index in [1.54, 1.807) is 0 Å². The van der Waals surface area contributed by atoms with Crippen molar-refractivity contribution >= 4 is 15.9 Å². The van der Waals surface area contributed by atoms with Gasteiger partial charge in [-0.15, -0.1) is 0 Å². The molecule has 0 amide bonds. The molecule has 0 saturated carbocycles. The molecule has 3 nitrogen and oxygen atoms in total. The second-order valence-corrected chi connectivity index (χ2v) is 4.85. The third-order valence-corrected chi connectivity index (χ3v) is 3.27. The van der Waals surface area contributed by atoms with Crippen molar-refractivity contribution in [3.63, 3.8) is 0 Å². The summed E-state index contributed by atoms with van der Waals surface area (Å²) in [5, 5.41) is 10.1. The van der Waals surface area contributed by atoms with E-state index in [0.717, 1.165) is 22.9 Å². The number of hydrogen-bond acceptors (Lipinski definition) is 3. The van der Waals surface area contributed by atoms with E-state index in [0.29, 0.717) is 24.7 Å². The van der Waals surface area contributed by atoms with Crippen molar-refractivity contribution in [2.45, 2.75) is 39.7 Å². The Morgan fingerprint density at radius 2 is 1.67 bits per heavy atom. The highest BCUT2D eigenvalue weighted by Crippen LogP contribution is 2.37. The molecule has 1 unspecified atom stereocenters. The first-order chi connectivity index (χ1) is 8.63. The number of aliphatic hydroxyl groups excluding tert-OH is 1. The lowest BCUT2D eigenvalue weighted by atomic mass is 10.0. The number of rotatable bonds is 7. The molecule has 102 valence electrons. The predicted molar refractivity (Wildman–Crippen MR) is 76.3 cm³/mol. The fourth-order valence-corrected chi connectivity index (χ4v) is 2.36. The first-order valence-electron chi connectivity index (χ1n) is 6.41. The van der Waals surface area contributed by atoms with Crippen LogP contribution in [0.1, 0.15) is 45.3 Å². The molecule has 1 N–H and O–H groups in total. The molecule has 0 aliphatic rings. The molecule has 0 heterocycles. The van der Waals surface area contributed by atoms with E-state index in [-0.39, 0.29) is 0 Å². The van der Waals surface area contributed by atoms with Crippen molar-refractivity contribution in [1.29, 1.82) is 0 Å². The van der Waals surface area contributed by atoms with Gasteiger partial charge in [-0.05, 0) is 38.0 Å². The maximum absolute atomic E-state index is 10.1. The minimum absolute atomic E-state index is 0.473. The molecular weight excluding hydrogens is 296 g/mol. The largest absolute Gasteiger partial charge is 0.490 e. The van der Waals surface area contributed by atoms with Crippen molar-refractivity contribution in [3.8, 4) is 11.5 Å². The van der Waals surface area contributed by atoms with Crippen LogP contribution >= 0.6 is 15.9 Å². The molecule has 0 aliphatic heterocycles. The number of halogens is 1. The molecule has 0 aliphatic carbocycles. The van der Waals surface area contributed by atoms with Gasteiger partial charge in [0.2, 0.25) is 0 Å². The lowest BCUT2D eigenvalue weighted by Crippen LogP contribution is -2.03. The van der Waals surface area contributed by atoms with Crippen molar-refractivity contribution < 1.29 is 14.6 Å². The minimum Gasteiger partial charge on any atom is -0.490 e. The van der Waals surface area contributed by atoms with E-state index in [2.05, 4.69) is 22.9 Å². The summed E-state index contributed by atoms with van der Waals surface area (Å²) in [6, 6.07) is 3.72. The quantitative estimate of drug-likeness (QED) is 0.823. The molecule has 0 fully saturated rings. The monoisotopic (exact) mass is 316 g/mol. The van der Waals surface area contributed by atoms with Crippen LogP contribution < -0.4 is 9.47 Å². The average molecular weight is 317 g/mol. The highest BCUT2D eigenvalue weighted by molar-refractivity contribution is 9.10. The lowest BCUT2D eigenvalue weighted by Gasteiger charge is -2.17. The van der Waals surface area contributed by atoms with E-state index in [4.69, 9.17) is 9.47 Å². The fourth-order valence-electron chi connectivity index (χ4n) is 1.77. The predicted octanol–water partition coefficient (Wildman–Crippen LogP) is 4.08. The van der Waals surface area contributed by atoms with Gasteiger partial charge in [0.25, 0.3) is 0 Å². The Balaban J connectivity index is 3.09. The van der Waals surface area contributed by atoms with Gasteiger partial charge in [0.1, 0.15) is 0 Å². The maximum atomic E-state index is 10.1. The van der Waals surface area contributed by atoms with E-state index in [1.165, 1.54) is 0 Å². The Morgan fingerprint density at radius 3 is 2.17 bits per heavy atom. The summed E-state index contributed by atoms with van der Waals surface area (Å²) in [5.74, 6) is 1.39. The normalized spacial score (nSPS) is 12.3. The maximum Gasteiger partial charge on any atom is 0.162 e. The van der Waals surface area contributed by atoms with Crippen molar-refractivity contribution in [2.75, 3.05) is 13.2 Å². The first-order valence-corrected chi connectivity index (χ1v) is 7.20. The SMILES string of the molecule is CCCC(O)c1cc(OCC)c(OCC)cc1Br. The highest BCUT2D eigenvalue weighted by Gasteiger charge is 2.15. The smallest absolute Gasteiger partial charge is 0.162 e. The number of hydrogen-bond donors (Lipinski definition) is 1. The average Bonchev–Trinajstić information content (AvgIpc) is 2.33. The third kappa shape index (κ3) is 3.89. The molecule has 0 spiro atoms. The molecule has 1 atom stereocenters. The van der Waals surface area contributed by atoms with Gasteiger partial charge in [-0.3, -0.25) is 0 Å². The summed E-state index contributed by atoms with van der Waals surface area (Å²) in [6.07, 6.45) is 1.20. The number of aliphatic hydroxyl groups is 1. The lowest BCUT2D eigenvalue weighted by molar-refractivity contribution is 0.165. The molecule has 1 aromatic carbocycles. The molecule has 0 bridgehead atoms. The Hall–Kier alpha value is -0.740. The number of ether oxygens (including phenoxy) is 2. The summed E-state index contributed by atoms with van der Waals surface area (Å²) in [6.45, 7) is 7.08. The molecule has 1 aromatic rings. The molecule has 1 rings (SSSR count). The van der Waals surface area contributed by atoms with E-state index in [1.807, 2.05) is 26.0 Å².